The predicted octanol–water partition coefficient (Wildman–Crippen LogP) is 0.949. The second-order valence-electron chi connectivity index (χ2n) is 3.02. The predicted molar refractivity (Wildman–Crippen MR) is 36.5 cm³/mol. The molecular formula is C8H7FO3. The minimum absolute atomic E-state index is 0.240. The van der Waals surface area contributed by atoms with Crippen molar-refractivity contribution in [1.82, 2.24) is 0 Å². The van der Waals surface area contributed by atoms with Crippen LogP contribution in [0.3, 0.4) is 0 Å². The maximum Gasteiger partial charge on any atom is 0.321 e. The zero-order valence-corrected chi connectivity index (χ0v) is 6.25. The molecular weight excluding hydrogens is 163 g/mol. The van der Waals surface area contributed by atoms with Gasteiger partial charge < -0.3 is 4.74 Å². The summed E-state index contributed by atoms with van der Waals surface area (Å²) in [5.74, 6) is -2.53. The van der Waals surface area contributed by atoms with E-state index in [0.717, 1.165) is 0 Å². The highest BCUT2D eigenvalue weighted by Gasteiger charge is 2.44. The maximum atomic E-state index is 12.7. The Bertz CT molecular complexity index is 282. The summed E-state index contributed by atoms with van der Waals surface area (Å²) in [6, 6.07) is 0. The van der Waals surface area contributed by atoms with E-state index in [1.54, 1.807) is 0 Å². The van der Waals surface area contributed by atoms with Gasteiger partial charge in [0.1, 0.15) is 0 Å². The van der Waals surface area contributed by atoms with Gasteiger partial charge in [-0.05, 0) is 18.9 Å². The van der Waals surface area contributed by atoms with Crippen LogP contribution in [-0.4, -0.2) is 11.9 Å². The zero-order chi connectivity index (χ0) is 8.72. The Hall–Kier alpha value is -1.19. The molecule has 1 aliphatic heterocycles. The number of carbonyl (C=O) groups excluding carboxylic acids is 2. The Labute approximate surface area is 68.2 Å². The summed E-state index contributed by atoms with van der Waals surface area (Å²) in [5.41, 5.74) is 0. The fourth-order valence-electron chi connectivity index (χ4n) is 1.61. The van der Waals surface area contributed by atoms with Gasteiger partial charge in [0.25, 0.3) is 0 Å². The summed E-state index contributed by atoms with van der Waals surface area (Å²) in [5, 5.41) is 0. The van der Waals surface area contributed by atoms with Gasteiger partial charge in [-0.1, -0.05) is 0 Å². The first-order valence-electron chi connectivity index (χ1n) is 3.80. The summed E-state index contributed by atoms with van der Waals surface area (Å²) < 4.78 is 17.0. The third-order valence-corrected chi connectivity index (χ3v) is 2.26. The molecule has 1 fully saturated rings. The molecule has 2 aliphatic rings. The molecule has 0 unspecified atom stereocenters. The molecule has 64 valence electrons. The van der Waals surface area contributed by atoms with E-state index in [-0.39, 0.29) is 12.2 Å². The number of hydrogen-bond donors (Lipinski definition) is 0. The molecule has 0 N–H and O–H groups in total. The lowest BCUT2D eigenvalue weighted by molar-refractivity contribution is -0.153. The number of allylic oxidation sites excluding steroid dienone is 1. The largest absolute Gasteiger partial charge is 0.392 e. The Kier molecular flexibility index (Phi) is 1.49. The number of rotatable bonds is 0. The van der Waals surface area contributed by atoms with E-state index in [4.69, 9.17) is 0 Å². The zero-order valence-electron chi connectivity index (χ0n) is 6.25. The van der Waals surface area contributed by atoms with Crippen molar-refractivity contribution in [3.8, 4) is 0 Å². The van der Waals surface area contributed by atoms with Crippen molar-refractivity contribution in [2.75, 3.05) is 0 Å². The van der Waals surface area contributed by atoms with Crippen LogP contribution in [0.2, 0.25) is 0 Å². The maximum absolute atomic E-state index is 12.7. The van der Waals surface area contributed by atoms with Crippen LogP contribution >= 0.6 is 0 Å². The van der Waals surface area contributed by atoms with Crippen LogP contribution in [0, 0.1) is 11.8 Å². The molecule has 0 aromatic rings. The first kappa shape index (κ1) is 7.46. The van der Waals surface area contributed by atoms with E-state index in [0.29, 0.717) is 6.42 Å². The number of halogens is 1. The molecule has 0 aromatic heterocycles. The van der Waals surface area contributed by atoms with E-state index in [9.17, 15) is 14.0 Å². The summed E-state index contributed by atoms with van der Waals surface area (Å²) in [7, 11) is 0. The van der Waals surface area contributed by atoms with Crippen LogP contribution < -0.4 is 0 Å². The van der Waals surface area contributed by atoms with Crippen molar-refractivity contribution in [2.45, 2.75) is 12.8 Å². The molecule has 3 nitrogen and oxygen atoms in total. The molecule has 0 bridgehead atoms. The molecule has 1 heterocycles. The SMILES string of the molecule is O=C1OC(=O)[C@@H]2CCC(F)=C[C@H]12. The van der Waals surface area contributed by atoms with E-state index < -0.39 is 23.8 Å². The highest BCUT2D eigenvalue weighted by atomic mass is 19.1. The Morgan fingerprint density at radius 3 is 2.92 bits per heavy atom. The van der Waals surface area contributed by atoms with Gasteiger partial charge in [-0.15, -0.1) is 0 Å². The molecule has 0 aromatic carbocycles. The molecule has 2 atom stereocenters. The van der Waals surface area contributed by atoms with Crippen LogP contribution in [-0.2, 0) is 14.3 Å². The Morgan fingerprint density at radius 1 is 1.42 bits per heavy atom. The highest BCUT2D eigenvalue weighted by molar-refractivity contribution is 5.97. The molecule has 0 radical (unpaired) electrons. The number of fused-ring (bicyclic) bond motifs is 1. The standard InChI is InChI=1S/C8H7FO3/c9-4-1-2-5-6(3-4)8(11)12-7(5)10/h3,5-6H,1-2H2/t5-,6+/m1/s1. The lowest BCUT2D eigenvalue weighted by Crippen LogP contribution is -2.19. The van der Waals surface area contributed by atoms with E-state index in [1.165, 1.54) is 6.08 Å². The van der Waals surface area contributed by atoms with Crippen LogP contribution in [0.25, 0.3) is 0 Å². The van der Waals surface area contributed by atoms with Gasteiger partial charge in [-0.25, -0.2) is 4.39 Å². The average Bonchev–Trinajstić information content (AvgIpc) is 2.28. The minimum Gasteiger partial charge on any atom is -0.392 e. The Balaban J connectivity index is 2.32. The number of ether oxygens (including phenoxy) is 1. The second kappa shape index (κ2) is 2.40. The summed E-state index contributed by atoms with van der Waals surface area (Å²) in [6.45, 7) is 0. The van der Waals surface area contributed by atoms with E-state index in [1.807, 2.05) is 0 Å². The van der Waals surface area contributed by atoms with Crippen molar-refractivity contribution in [3.05, 3.63) is 11.9 Å². The Morgan fingerprint density at radius 2 is 2.17 bits per heavy atom. The molecule has 4 heteroatoms. The fourth-order valence-corrected chi connectivity index (χ4v) is 1.61. The average molecular weight is 170 g/mol. The van der Waals surface area contributed by atoms with E-state index >= 15 is 0 Å². The normalized spacial score (nSPS) is 34.2. The molecule has 2 rings (SSSR count). The molecule has 1 aliphatic carbocycles. The molecule has 1 saturated heterocycles. The summed E-state index contributed by atoms with van der Waals surface area (Å²) >= 11 is 0. The van der Waals surface area contributed by atoms with Gasteiger partial charge in [0, 0.05) is 0 Å². The second-order valence-corrected chi connectivity index (χ2v) is 3.02. The summed E-state index contributed by atoms with van der Waals surface area (Å²) in [6.07, 6.45) is 1.82. The van der Waals surface area contributed by atoms with Gasteiger partial charge >= 0.3 is 11.9 Å². The summed E-state index contributed by atoms with van der Waals surface area (Å²) in [4.78, 5) is 21.8. The smallest absolute Gasteiger partial charge is 0.321 e. The van der Waals surface area contributed by atoms with Crippen molar-refractivity contribution in [3.63, 3.8) is 0 Å². The lowest BCUT2D eigenvalue weighted by atomic mass is 9.85. The molecule has 0 spiro atoms. The van der Waals surface area contributed by atoms with Gasteiger partial charge in [-0.2, -0.15) is 0 Å². The first-order valence-corrected chi connectivity index (χ1v) is 3.80. The molecule has 0 amide bonds. The number of carbonyl (C=O) groups is 2. The quantitative estimate of drug-likeness (QED) is 0.401. The van der Waals surface area contributed by atoms with Gasteiger partial charge in [-0.3, -0.25) is 9.59 Å². The van der Waals surface area contributed by atoms with Gasteiger partial charge in [0.15, 0.2) is 0 Å². The monoisotopic (exact) mass is 170 g/mol. The van der Waals surface area contributed by atoms with Crippen LogP contribution in [0.5, 0.6) is 0 Å². The topological polar surface area (TPSA) is 43.4 Å². The van der Waals surface area contributed by atoms with Crippen LogP contribution in [0.1, 0.15) is 12.8 Å². The fraction of sp³-hybridized carbons (Fsp3) is 0.500. The number of hydrogen-bond acceptors (Lipinski definition) is 3. The van der Waals surface area contributed by atoms with Crippen molar-refractivity contribution in [2.24, 2.45) is 11.8 Å². The van der Waals surface area contributed by atoms with Crippen molar-refractivity contribution >= 4 is 11.9 Å². The number of cyclic esters (lactones) is 2. The minimum atomic E-state index is -0.661. The van der Waals surface area contributed by atoms with Crippen LogP contribution in [0.15, 0.2) is 11.9 Å². The van der Waals surface area contributed by atoms with Gasteiger partial charge in [0.05, 0.1) is 17.7 Å². The van der Waals surface area contributed by atoms with Crippen molar-refractivity contribution in [1.29, 1.82) is 0 Å². The molecule has 0 saturated carbocycles. The van der Waals surface area contributed by atoms with Crippen LogP contribution in [0.4, 0.5) is 4.39 Å². The lowest BCUT2D eigenvalue weighted by Gasteiger charge is -2.14. The number of esters is 2. The van der Waals surface area contributed by atoms with E-state index in [2.05, 4.69) is 4.74 Å². The van der Waals surface area contributed by atoms with Gasteiger partial charge in [0.2, 0.25) is 0 Å². The third-order valence-electron chi connectivity index (χ3n) is 2.26. The first-order chi connectivity index (χ1) is 5.68. The molecule has 12 heavy (non-hydrogen) atoms. The highest BCUT2D eigenvalue weighted by Crippen LogP contribution is 2.35. The van der Waals surface area contributed by atoms with Crippen molar-refractivity contribution < 1.29 is 18.7 Å². The third kappa shape index (κ3) is 0.948.